The maximum absolute atomic E-state index is 3.59. The lowest BCUT2D eigenvalue weighted by atomic mass is 9.96. The highest BCUT2D eigenvalue weighted by atomic mass is 15.1. The van der Waals surface area contributed by atoms with Crippen LogP contribution in [0.3, 0.4) is 0 Å². The van der Waals surface area contributed by atoms with E-state index in [1.807, 2.05) is 0 Å². The van der Waals surface area contributed by atoms with Gasteiger partial charge in [-0.05, 0) is 34.1 Å². The third kappa shape index (κ3) is 2.80. The Morgan fingerprint density at radius 3 is 2.45 bits per heavy atom. The summed E-state index contributed by atoms with van der Waals surface area (Å²) in [6.07, 6.45) is 1.21. The quantitative estimate of drug-likeness (QED) is 0.549. The summed E-state index contributed by atoms with van der Waals surface area (Å²) in [6.45, 7) is 10.1. The van der Waals surface area contributed by atoms with Crippen molar-refractivity contribution in [2.45, 2.75) is 51.7 Å². The highest BCUT2D eigenvalue weighted by Crippen LogP contribution is 2.14. The first-order valence-electron chi connectivity index (χ1n) is 4.51. The fourth-order valence-corrected chi connectivity index (χ4v) is 1.99. The van der Waals surface area contributed by atoms with Gasteiger partial charge in [0.2, 0.25) is 0 Å². The first-order valence-corrected chi connectivity index (χ1v) is 4.51. The van der Waals surface area contributed by atoms with Gasteiger partial charge in [0.1, 0.15) is 0 Å². The Morgan fingerprint density at radius 2 is 1.82 bits per heavy atom. The van der Waals surface area contributed by atoms with E-state index in [4.69, 9.17) is 0 Å². The Balaban J connectivity index is 2.55. The second-order valence-electron chi connectivity index (χ2n) is 4.44. The minimum atomic E-state index is 0.294. The van der Waals surface area contributed by atoms with Gasteiger partial charge in [-0.2, -0.15) is 0 Å². The highest BCUT2D eigenvalue weighted by molar-refractivity contribution is 4.88. The zero-order valence-corrected chi connectivity index (χ0v) is 8.07. The molecule has 1 heterocycles. The fraction of sp³-hybridized carbons (Fsp3) is 1.00. The average Bonchev–Trinajstić information content (AvgIpc) is 1.89. The Hall–Kier alpha value is -0.0800. The summed E-state index contributed by atoms with van der Waals surface area (Å²) in [7, 11) is 0. The van der Waals surface area contributed by atoms with Crippen LogP contribution in [0.4, 0.5) is 0 Å². The van der Waals surface area contributed by atoms with Crippen molar-refractivity contribution in [2.24, 2.45) is 0 Å². The summed E-state index contributed by atoms with van der Waals surface area (Å²) in [6, 6.07) is 1.23. The van der Waals surface area contributed by atoms with Crippen LogP contribution in [0.1, 0.15) is 34.1 Å². The molecule has 1 aliphatic heterocycles. The van der Waals surface area contributed by atoms with E-state index in [9.17, 15) is 0 Å². The maximum atomic E-state index is 3.59. The van der Waals surface area contributed by atoms with E-state index >= 15 is 0 Å². The van der Waals surface area contributed by atoms with Crippen molar-refractivity contribution in [3.8, 4) is 0 Å². The Bertz CT molecular complexity index is 118. The number of rotatable bonds is 0. The fourth-order valence-electron chi connectivity index (χ4n) is 1.99. The number of hydrogen-bond acceptors (Lipinski definition) is 2. The largest absolute Gasteiger partial charge is 0.313 e. The SMILES string of the molecule is CC1CC(C)(C)NC(C)CN1. The minimum Gasteiger partial charge on any atom is -0.313 e. The van der Waals surface area contributed by atoms with Crippen LogP contribution in [0.5, 0.6) is 0 Å². The number of hydrogen-bond donors (Lipinski definition) is 2. The molecule has 0 amide bonds. The molecule has 2 atom stereocenters. The van der Waals surface area contributed by atoms with E-state index in [1.54, 1.807) is 0 Å². The van der Waals surface area contributed by atoms with Crippen LogP contribution in [0.2, 0.25) is 0 Å². The van der Waals surface area contributed by atoms with Crippen molar-refractivity contribution in [3.63, 3.8) is 0 Å². The second kappa shape index (κ2) is 3.11. The monoisotopic (exact) mass is 156 g/mol. The van der Waals surface area contributed by atoms with Gasteiger partial charge >= 0.3 is 0 Å². The van der Waals surface area contributed by atoms with Gasteiger partial charge in [-0.25, -0.2) is 0 Å². The first kappa shape index (κ1) is 9.01. The smallest absolute Gasteiger partial charge is 0.0169 e. The molecule has 2 N–H and O–H groups in total. The van der Waals surface area contributed by atoms with Crippen molar-refractivity contribution in [2.75, 3.05) is 6.54 Å². The summed E-state index contributed by atoms with van der Waals surface area (Å²) in [5.41, 5.74) is 0.294. The van der Waals surface area contributed by atoms with Crippen molar-refractivity contribution in [1.82, 2.24) is 10.6 Å². The summed E-state index contributed by atoms with van der Waals surface area (Å²) in [5.74, 6) is 0. The Labute approximate surface area is 69.8 Å². The van der Waals surface area contributed by atoms with E-state index < -0.39 is 0 Å². The van der Waals surface area contributed by atoms with Crippen LogP contribution in [0.25, 0.3) is 0 Å². The van der Waals surface area contributed by atoms with Crippen LogP contribution in [-0.2, 0) is 0 Å². The van der Waals surface area contributed by atoms with E-state index in [0.717, 1.165) is 6.54 Å². The van der Waals surface area contributed by atoms with Crippen molar-refractivity contribution >= 4 is 0 Å². The molecule has 2 heteroatoms. The molecule has 0 aromatic heterocycles. The third-order valence-electron chi connectivity index (χ3n) is 2.23. The zero-order chi connectivity index (χ0) is 8.48. The molecule has 0 spiro atoms. The summed E-state index contributed by atoms with van der Waals surface area (Å²) in [4.78, 5) is 0. The summed E-state index contributed by atoms with van der Waals surface area (Å²) < 4.78 is 0. The van der Waals surface area contributed by atoms with Crippen molar-refractivity contribution in [1.29, 1.82) is 0 Å². The van der Waals surface area contributed by atoms with Gasteiger partial charge in [-0.15, -0.1) is 0 Å². The predicted molar refractivity (Wildman–Crippen MR) is 48.8 cm³/mol. The molecule has 0 saturated carbocycles. The molecule has 0 aromatic rings. The van der Waals surface area contributed by atoms with Crippen molar-refractivity contribution in [3.05, 3.63) is 0 Å². The van der Waals surface area contributed by atoms with Crippen LogP contribution < -0.4 is 10.6 Å². The molecule has 11 heavy (non-hydrogen) atoms. The maximum Gasteiger partial charge on any atom is 0.0169 e. The third-order valence-corrected chi connectivity index (χ3v) is 2.23. The van der Waals surface area contributed by atoms with Gasteiger partial charge in [-0.1, -0.05) is 0 Å². The lowest BCUT2D eigenvalue weighted by Crippen LogP contribution is -2.44. The van der Waals surface area contributed by atoms with Crippen LogP contribution in [-0.4, -0.2) is 24.2 Å². The van der Waals surface area contributed by atoms with E-state index in [1.165, 1.54) is 6.42 Å². The van der Waals surface area contributed by atoms with Gasteiger partial charge in [0.05, 0.1) is 0 Å². The topological polar surface area (TPSA) is 24.1 Å². The van der Waals surface area contributed by atoms with E-state index in [0.29, 0.717) is 17.6 Å². The van der Waals surface area contributed by atoms with Crippen LogP contribution in [0, 0.1) is 0 Å². The predicted octanol–water partition coefficient (Wildman–Crippen LogP) is 1.12. The molecule has 1 aliphatic rings. The van der Waals surface area contributed by atoms with Gasteiger partial charge in [0.25, 0.3) is 0 Å². The Morgan fingerprint density at radius 1 is 1.18 bits per heavy atom. The van der Waals surface area contributed by atoms with E-state index in [2.05, 4.69) is 38.3 Å². The molecule has 0 aliphatic carbocycles. The lowest BCUT2D eigenvalue weighted by Gasteiger charge is -2.27. The molecule has 1 rings (SSSR count). The summed E-state index contributed by atoms with van der Waals surface area (Å²) in [5, 5.41) is 7.07. The van der Waals surface area contributed by atoms with Gasteiger partial charge in [0.15, 0.2) is 0 Å². The lowest BCUT2D eigenvalue weighted by molar-refractivity contribution is 0.340. The molecule has 1 saturated heterocycles. The Kier molecular flexibility index (Phi) is 2.55. The first-order chi connectivity index (χ1) is 4.99. The standard InChI is InChI=1S/C9H20N2/c1-7-5-9(3,4)11-8(2)6-10-7/h7-8,10-11H,5-6H2,1-4H3. The molecule has 0 bridgehead atoms. The van der Waals surface area contributed by atoms with Crippen LogP contribution in [0.15, 0.2) is 0 Å². The van der Waals surface area contributed by atoms with Gasteiger partial charge < -0.3 is 10.6 Å². The van der Waals surface area contributed by atoms with Gasteiger partial charge in [0, 0.05) is 24.2 Å². The van der Waals surface area contributed by atoms with E-state index in [-0.39, 0.29) is 0 Å². The van der Waals surface area contributed by atoms with Crippen molar-refractivity contribution < 1.29 is 0 Å². The minimum absolute atomic E-state index is 0.294. The molecular formula is C9H20N2. The molecule has 2 unspecified atom stereocenters. The van der Waals surface area contributed by atoms with Gasteiger partial charge in [-0.3, -0.25) is 0 Å². The molecular weight excluding hydrogens is 136 g/mol. The molecule has 0 radical (unpaired) electrons. The number of nitrogens with one attached hydrogen (secondary N) is 2. The highest BCUT2D eigenvalue weighted by Gasteiger charge is 2.25. The van der Waals surface area contributed by atoms with Crippen LogP contribution >= 0.6 is 0 Å². The molecule has 0 aromatic carbocycles. The average molecular weight is 156 g/mol. The molecule has 2 nitrogen and oxygen atoms in total. The zero-order valence-electron chi connectivity index (χ0n) is 8.07. The molecule has 66 valence electrons. The summed E-state index contributed by atoms with van der Waals surface area (Å²) >= 11 is 0. The molecule has 1 fully saturated rings. The second-order valence-corrected chi connectivity index (χ2v) is 4.44. The normalized spacial score (nSPS) is 38.2.